The molecule has 0 atom stereocenters. The van der Waals surface area contributed by atoms with Crippen LogP contribution in [-0.2, 0) is 13.7 Å². The van der Waals surface area contributed by atoms with Gasteiger partial charge in [-0.3, -0.25) is 14.3 Å². The number of rotatable bonds is 8. The summed E-state index contributed by atoms with van der Waals surface area (Å²) in [5.41, 5.74) is 2.42. The van der Waals surface area contributed by atoms with E-state index >= 15 is 0 Å². The molecule has 2 heterocycles. The lowest BCUT2D eigenvalue weighted by Crippen LogP contribution is -2.27. The zero-order valence-electron chi connectivity index (χ0n) is 17.9. The minimum absolute atomic E-state index is 0.103. The fourth-order valence-corrected chi connectivity index (χ4v) is 3.14. The number of benzene rings is 1. The number of ether oxygens (including phenoxy) is 1. The molecule has 0 aliphatic carbocycles. The maximum absolute atomic E-state index is 12.6. The average Bonchev–Trinajstić information content (AvgIpc) is 3.35. The maximum atomic E-state index is 12.6. The number of aromatic nitrogens is 2. The van der Waals surface area contributed by atoms with Gasteiger partial charge >= 0.3 is 0 Å². The molecule has 0 saturated heterocycles. The summed E-state index contributed by atoms with van der Waals surface area (Å²) >= 11 is 6.18. The Morgan fingerprint density at radius 3 is 2.58 bits per heavy atom. The van der Waals surface area contributed by atoms with Gasteiger partial charge in [0.15, 0.2) is 5.76 Å². The Hall–Kier alpha value is -3.26. The van der Waals surface area contributed by atoms with E-state index in [2.05, 4.69) is 15.7 Å². The molecular weight excluding hydrogens is 420 g/mol. The van der Waals surface area contributed by atoms with Crippen LogP contribution in [0.1, 0.15) is 51.3 Å². The molecule has 2 aromatic heterocycles. The monoisotopic (exact) mass is 444 g/mol. The molecule has 3 rings (SSSR count). The average molecular weight is 445 g/mol. The molecule has 2 N–H and O–H groups in total. The number of furan rings is 1. The number of nitrogens with one attached hydrogen (secondary N) is 2. The molecule has 0 fully saturated rings. The largest absolute Gasteiger partial charge is 0.486 e. The van der Waals surface area contributed by atoms with Crippen LogP contribution in [0.4, 0.5) is 5.69 Å². The van der Waals surface area contributed by atoms with Crippen LogP contribution in [0.15, 0.2) is 34.9 Å². The summed E-state index contributed by atoms with van der Waals surface area (Å²) in [5, 5.41) is 10.2. The quantitative estimate of drug-likeness (QED) is 0.541. The number of carbonyl (C=O) groups excluding carboxylic acids is 2. The number of nitrogens with zero attached hydrogens (tertiary/aromatic N) is 2. The maximum Gasteiger partial charge on any atom is 0.291 e. The molecule has 8 nitrogen and oxygen atoms in total. The highest BCUT2D eigenvalue weighted by molar-refractivity contribution is 6.32. The van der Waals surface area contributed by atoms with E-state index in [1.807, 2.05) is 32.9 Å². The van der Waals surface area contributed by atoms with Crippen LogP contribution < -0.4 is 15.4 Å². The summed E-state index contributed by atoms with van der Waals surface area (Å²) in [7, 11) is 1.64. The van der Waals surface area contributed by atoms with Crippen molar-refractivity contribution in [3.8, 4) is 5.75 Å². The highest BCUT2D eigenvalue weighted by atomic mass is 35.5. The molecule has 3 aromatic rings. The molecule has 0 aliphatic heterocycles. The van der Waals surface area contributed by atoms with Crippen molar-refractivity contribution in [2.45, 2.75) is 33.8 Å². The number of aryl methyl sites for hydroxylation is 3. The third-order valence-electron chi connectivity index (χ3n) is 4.61. The zero-order valence-corrected chi connectivity index (χ0v) is 18.7. The first-order valence-electron chi connectivity index (χ1n) is 9.90. The van der Waals surface area contributed by atoms with E-state index in [4.69, 9.17) is 20.8 Å². The predicted molar refractivity (Wildman–Crippen MR) is 118 cm³/mol. The second kappa shape index (κ2) is 9.70. The van der Waals surface area contributed by atoms with Crippen molar-refractivity contribution in [1.29, 1.82) is 0 Å². The number of hydrogen-bond acceptors (Lipinski definition) is 5. The van der Waals surface area contributed by atoms with Crippen LogP contribution in [0.5, 0.6) is 5.75 Å². The fourth-order valence-electron chi connectivity index (χ4n) is 3.03. The van der Waals surface area contributed by atoms with Gasteiger partial charge in [0, 0.05) is 18.6 Å². The van der Waals surface area contributed by atoms with Crippen molar-refractivity contribution in [1.82, 2.24) is 15.1 Å². The lowest BCUT2D eigenvalue weighted by molar-refractivity contribution is 0.0945. The number of hydrogen-bond donors (Lipinski definition) is 2. The smallest absolute Gasteiger partial charge is 0.291 e. The van der Waals surface area contributed by atoms with Crippen molar-refractivity contribution in [2.75, 3.05) is 11.9 Å². The molecule has 1 aromatic carbocycles. The number of anilines is 1. The predicted octanol–water partition coefficient (Wildman–Crippen LogP) is 4.25. The molecule has 0 spiro atoms. The van der Waals surface area contributed by atoms with Crippen LogP contribution in [0.2, 0.25) is 5.02 Å². The van der Waals surface area contributed by atoms with E-state index in [0.29, 0.717) is 28.8 Å². The van der Waals surface area contributed by atoms with Gasteiger partial charge < -0.3 is 19.8 Å². The third kappa shape index (κ3) is 5.27. The molecular formula is C22H25ClN4O4. The molecule has 0 radical (unpaired) electrons. The van der Waals surface area contributed by atoms with Crippen molar-refractivity contribution < 1.29 is 18.7 Å². The SMILES string of the molecule is CCCNC(=O)c1c(NC(=O)c2ccc(COc3cc(C)c(Cl)c(C)c3)o2)cnn1C. The second-order valence-corrected chi connectivity index (χ2v) is 7.54. The summed E-state index contributed by atoms with van der Waals surface area (Å²) in [4.78, 5) is 24.9. The summed E-state index contributed by atoms with van der Waals surface area (Å²) in [6, 6.07) is 6.92. The number of carbonyl (C=O) groups is 2. The van der Waals surface area contributed by atoms with Gasteiger partial charge in [-0.1, -0.05) is 18.5 Å². The third-order valence-corrected chi connectivity index (χ3v) is 5.21. The summed E-state index contributed by atoms with van der Waals surface area (Å²) in [6.45, 7) is 6.47. The van der Waals surface area contributed by atoms with Crippen LogP contribution in [0, 0.1) is 13.8 Å². The molecule has 164 valence electrons. The van der Waals surface area contributed by atoms with Crippen molar-refractivity contribution in [2.24, 2.45) is 7.05 Å². The topological polar surface area (TPSA) is 98.4 Å². The fraction of sp³-hybridized carbons (Fsp3) is 0.318. The first kappa shape index (κ1) is 22.4. The Bertz CT molecular complexity index is 1080. The summed E-state index contributed by atoms with van der Waals surface area (Å²) < 4.78 is 12.8. The van der Waals surface area contributed by atoms with Gasteiger partial charge in [-0.15, -0.1) is 0 Å². The van der Waals surface area contributed by atoms with Crippen molar-refractivity contribution in [3.63, 3.8) is 0 Å². The highest BCUT2D eigenvalue weighted by Crippen LogP contribution is 2.26. The molecule has 0 unspecified atom stereocenters. The lowest BCUT2D eigenvalue weighted by atomic mass is 10.1. The Morgan fingerprint density at radius 2 is 1.90 bits per heavy atom. The van der Waals surface area contributed by atoms with E-state index in [-0.39, 0.29) is 24.0 Å². The van der Waals surface area contributed by atoms with Crippen LogP contribution in [-0.4, -0.2) is 28.1 Å². The van der Waals surface area contributed by atoms with E-state index in [9.17, 15) is 9.59 Å². The Balaban J connectivity index is 1.65. The summed E-state index contributed by atoms with van der Waals surface area (Å²) in [5.74, 6) is 0.467. The van der Waals surface area contributed by atoms with Gasteiger partial charge in [-0.25, -0.2) is 0 Å². The van der Waals surface area contributed by atoms with Crippen LogP contribution in [0.25, 0.3) is 0 Å². The zero-order chi connectivity index (χ0) is 22.5. The van der Waals surface area contributed by atoms with Crippen LogP contribution >= 0.6 is 11.6 Å². The number of halogens is 1. The summed E-state index contributed by atoms with van der Waals surface area (Å²) in [6.07, 6.45) is 2.23. The standard InChI is InChI=1S/C22H25ClN4O4/c1-5-8-24-22(29)20-17(11-25-27(20)4)26-21(28)18-7-6-15(31-18)12-30-16-9-13(2)19(23)14(3)10-16/h6-7,9-11H,5,8,12H2,1-4H3,(H,24,29)(H,26,28). The van der Waals surface area contributed by atoms with E-state index < -0.39 is 5.91 Å². The Kier molecular flexibility index (Phi) is 7.02. The van der Waals surface area contributed by atoms with Gasteiger partial charge in [0.1, 0.15) is 23.8 Å². The van der Waals surface area contributed by atoms with E-state index in [1.165, 1.54) is 10.9 Å². The molecule has 9 heteroatoms. The van der Waals surface area contributed by atoms with Gasteiger partial charge in [-0.05, 0) is 55.7 Å². The molecule has 0 bridgehead atoms. The molecule has 31 heavy (non-hydrogen) atoms. The Morgan fingerprint density at radius 1 is 1.19 bits per heavy atom. The van der Waals surface area contributed by atoms with E-state index in [1.54, 1.807) is 19.2 Å². The Labute approximate surface area is 185 Å². The molecule has 0 aliphatic rings. The first-order chi connectivity index (χ1) is 14.8. The lowest BCUT2D eigenvalue weighted by Gasteiger charge is -2.09. The first-order valence-corrected chi connectivity index (χ1v) is 10.3. The minimum Gasteiger partial charge on any atom is -0.486 e. The number of amides is 2. The minimum atomic E-state index is -0.484. The second-order valence-electron chi connectivity index (χ2n) is 7.17. The molecule has 0 saturated carbocycles. The van der Waals surface area contributed by atoms with E-state index in [0.717, 1.165) is 17.5 Å². The van der Waals surface area contributed by atoms with Gasteiger partial charge in [0.25, 0.3) is 11.8 Å². The molecule has 2 amide bonds. The van der Waals surface area contributed by atoms with Gasteiger partial charge in [0.2, 0.25) is 0 Å². The van der Waals surface area contributed by atoms with Crippen LogP contribution in [0.3, 0.4) is 0 Å². The normalized spacial score (nSPS) is 10.7. The van der Waals surface area contributed by atoms with Gasteiger partial charge in [-0.2, -0.15) is 5.10 Å². The van der Waals surface area contributed by atoms with Gasteiger partial charge in [0.05, 0.1) is 11.9 Å². The van der Waals surface area contributed by atoms with Crippen molar-refractivity contribution >= 4 is 29.1 Å². The van der Waals surface area contributed by atoms with Crippen molar-refractivity contribution in [3.05, 3.63) is 63.8 Å². The highest BCUT2D eigenvalue weighted by Gasteiger charge is 2.20.